The van der Waals surface area contributed by atoms with Crippen LogP contribution in [0.5, 0.6) is 0 Å². The predicted octanol–water partition coefficient (Wildman–Crippen LogP) is 2.61. The van der Waals surface area contributed by atoms with Gasteiger partial charge in [0.05, 0.1) is 26.9 Å². The molecule has 11 nitrogen and oxygen atoms in total. The summed E-state index contributed by atoms with van der Waals surface area (Å²) >= 11 is 0. The molecule has 2 rings (SSSR count). The monoisotopic (exact) mass is 496 g/mol. The molecular weight excluding hydrogens is 448 g/mol. The average Bonchev–Trinajstić information content (AvgIpc) is 3.13. The first kappa shape index (κ1) is 41.6. The third kappa shape index (κ3) is 39.7. The van der Waals surface area contributed by atoms with Crippen LogP contribution in [0.25, 0.3) is 0 Å². The molecule has 0 unspecified atom stereocenters. The number of amides is 2. The van der Waals surface area contributed by atoms with E-state index in [0.29, 0.717) is 25.7 Å². The SMILES string of the molecule is C.CC.CC(=O)N1CCOCC1.CC(=O)O.CCOC(C)=O.CN1CCCC1=O.COC(C)=O. The lowest BCUT2D eigenvalue weighted by Crippen LogP contribution is -2.39. The number of rotatable bonds is 1. The molecule has 0 aromatic rings. The van der Waals surface area contributed by atoms with Crippen LogP contribution in [0, 0.1) is 0 Å². The molecule has 0 aromatic carbocycles. The van der Waals surface area contributed by atoms with E-state index in [1.807, 2.05) is 20.9 Å². The number of esters is 2. The van der Waals surface area contributed by atoms with E-state index in [9.17, 15) is 19.2 Å². The van der Waals surface area contributed by atoms with Crippen molar-refractivity contribution in [3.63, 3.8) is 0 Å². The number of aliphatic carboxylic acids is 1. The second-order valence-corrected chi connectivity index (χ2v) is 6.18. The molecule has 11 heteroatoms. The number of methoxy groups -OCH3 is 1. The van der Waals surface area contributed by atoms with Crippen molar-refractivity contribution < 1.29 is 43.3 Å². The fourth-order valence-electron chi connectivity index (χ4n) is 1.86. The smallest absolute Gasteiger partial charge is 0.302 e. The van der Waals surface area contributed by atoms with E-state index in [-0.39, 0.29) is 25.3 Å². The van der Waals surface area contributed by atoms with Gasteiger partial charge in [-0.3, -0.25) is 24.0 Å². The molecule has 2 aliphatic heterocycles. The number of nitrogens with zero attached hydrogens (tertiary/aromatic N) is 2. The van der Waals surface area contributed by atoms with Crippen LogP contribution in [-0.4, -0.2) is 98.2 Å². The van der Waals surface area contributed by atoms with Gasteiger partial charge in [-0.1, -0.05) is 21.3 Å². The number of carboxylic acids is 1. The Bertz CT molecular complexity index is 531. The van der Waals surface area contributed by atoms with E-state index in [1.165, 1.54) is 21.0 Å². The maximum absolute atomic E-state index is 10.7. The number of morpholine rings is 1. The van der Waals surface area contributed by atoms with Crippen molar-refractivity contribution in [2.75, 3.05) is 53.6 Å². The van der Waals surface area contributed by atoms with Gasteiger partial charge in [-0.2, -0.15) is 0 Å². The van der Waals surface area contributed by atoms with E-state index in [0.717, 1.165) is 39.4 Å². The van der Waals surface area contributed by atoms with Gasteiger partial charge in [0.25, 0.3) is 5.97 Å². The van der Waals surface area contributed by atoms with Crippen molar-refractivity contribution in [3.05, 3.63) is 0 Å². The molecule has 2 aliphatic rings. The fraction of sp³-hybridized carbons (Fsp3) is 0.783. The third-order valence-electron chi connectivity index (χ3n) is 3.40. The molecule has 0 aromatic heterocycles. The first-order valence-electron chi connectivity index (χ1n) is 10.8. The highest BCUT2D eigenvalue weighted by atomic mass is 16.5. The summed E-state index contributed by atoms with van der Waals surface area (Å²) in [6, 6.07) is 0. The lowest BCUT2D eigenvalue weighted by molar-refractivity contribution is -0.140. The average molecular weight is 497 g/mol. The van der Waals surface area contributed by atoms with Gasteiger partial charge < -0.3 is 29.1 Å². The largest absolute Gasteiger partial charge is 0.481 e. The molecular formula is C23H48N2O9. The third-order valence-corrected chi connectivity index (χ3v) is 3.40. The minimum absolute atomic E-state index is 0. The molecule has 2 amide bonds. The van der Waals surface area contributed by atoms with Crippen molar-refractivity contribution in [1.82, 2.24) is 9.80 Å². The zero-order valence-electron chi connectivity index (χ0n) is 21.8. The number of hydrogen-bond acceptors (Lipinski definition) is 8. The Hall–Kier alpha value is -2.69. The molecule has 0 spiro atoms. The van der Waals surface area contributed by atoms with Crippen LogP contribution in [0.2, 0.25) is 0 Å². The maximum Gasteiger partial charge on any atom is 0.302 e. The number of carbonyl (C=O) groups excluding carboxylic acids is 4. The molecule has 204 valence electrons. The van der Waals surface area contributed by atoms with Crippen molar-refractivity contribution >= 4 is 29.7 Å². The number of ether oxygens (including phenoxy) is 3. The molecule has 2 saturated heterocycles. The summed E-state index contributed by atoms with van der Waals surface area (Å²) in [6.45, 7) is 15.5. The van der Waals surface area contributed by atoms with Gasteiger partial charge >= 0.3 is 11.9 Å². The summed E-state index contributed by atoms with van der Waals surface area (Å²) < 4.78 is 13.6. The molecule has 34 heavy (non-hydrogen) atoms. The second kappa shape index (κ2) is 30.3. The lowest BCUT2D eigenvalue weighted by atomic mass is 10.4. The highest BCUT2D eigenvalue weighted by Gasteiger charge is 2.14. The Morgan fingerprint density at radius 3 is 1.50 bits per heavy atom. The Balaban J connectivity index is -0.000000103. The van der Waals surface area contributed by atoms with E-state index in [1.54, 1.807) is 23.6 Å². The van der Waals surface area contributed by atoms with Crippen molar-refractivity contribution in [2.45, 2.75) is 68.7 Å². The Morgan fingerprint density at radius 1 is 0.971 bits per heavy atom. The quantitative estimate of drug-likeness (QED) is 0.542. The van der Waals surface area contributed by atoms with E-state index >= 15 is 0 Å². The minimum atomic E-state index is -0.833. The van der Waals surface area contributed by atoms with Crippen molar-refractivity contribution in [2.24, 2.45) is 0 Å². The first-order valence-corrected chi connectivity index (χ1v) is 10.8. The number of carboxylic acid groups (broad SMARTS) is 1. The van der Waals surface area contributed by atoms with Crippen LogP contribution >= 0.6 is 0 Å². The summed E-state index contributed by atoms with van der Waals surface area (Å²) in [5.74, 6) is -0.846. The highest BCUT2D eigenvalue weighted by Crippen LogP contribution is 2.04. The van der Waals surface area contributed by atoms with Crippen molar-refractivity contribution in [3.8, 4) is 0 Å². The van der Waals surface area contributed by atoms with Gasteiger partial charge in [0.1, 0.15) is 0 Å². The lowest BCUT2D eigenvalue weighted by Gasteiger charge is -2.25. The first-order chi connectivity index (χ1) is 15.4. The molecule has 2 heterocycles. The standard InChI is InChI=1S/C6H11NO2.C5H9NO.C4H8O2.C3H6O2.C2H4O2.C2H6.CH4/c1-6(8)7-2-4-9-5-3-7;1-6-4-2-3-5(6)7;1-3-6-4(2)5;1-3(4)5-2;1-2(3)4;1-2;/h2-5H2,1H3;2-4H2,1H3;3H2,1-2H3;1-2H3;1H3,(H,3,4);1-2H3;1H4. The van der Waals surface area contributed by atoms with Crippen LogP contribution in [0.15, 0.2) is 0 Å². The number of carbonyl (C=O) groups is 5. The predicted molar refractivity (Wildman–Crippen MR) is 131 cm³/mol. The summed E-state index contributed by atoms with van der Waals surface area (Å²) in [7, 11) is 3.19. The molecule has 0 radical (unpaired) electrons. The minimum Gasteiger partial charge on any atom is -0.481 e. The molecule has 2 fully saturated rings. The van der Waals surface area contributed by atoms with Crippen LogP contribution in [0.3, 0.4) is 0 Å². The van der Waals surface area contributed by atoms with Gasteiger partial charge in [-0.05, 0) is 13.3 Å². The summed E-state index contributed by atoms with van der Waals surface area (Å²) in [6.07, 6.45) is 1.81. The van der Waals surface area contributed by atoms with Gasteiger partial charge in [-0.25, -0.2) is 0 Å². The molecule has 0 saturated carbocycles. The summed E-state index contributed by atoms with van der Waals surface area (Å²) in [5.41, 5.74) is 0. The Labute approximate surface area is 205 Å². The molecule has 1 N–H and O–H groups in total. The normalized spacial score (nSPS) is 12.9. The maximum atomic E-state index is 10.7. The van der Waals surface area contributed by atoms with Gasteiger partial charge in [0.15, 0.2) is 0 Å². The zero-order valence-corrected chi connectivity index (χ0v) is 21.8. The van der Waals surface area contributed by atoms with Crippen LogP contribution in [0.1, 0.15) is 68.7 Å². The number of hydrogen-bond donors (Lipinski definition) is 1. The molecule has 0 bridgehead atoms. The van der Waals surface area contributed by atoms with Crippen LogP contribution in [-0.2, 0) is 38.2 Å². The van der Waals surface area contributed by atoms with E-state index in [4.69, 9.17) is 14.6 Å². The summed E-state index contributed by atoms with van der Waals surface area (Å²) in [4.78, 5) is 53.1. The molecule has 0 aliphatic carbocycles. The fourth-order valence-corrected chi connectivity index (χ4v) is 1.86. The summed E-state index contributed by atoms with van der Waals surface area (Å²) in [5, 5.41) is 7.42. The molecule has 0 atom stereocenters. The van der Waals surface area contributed by atoms with Crippen LogP contribution in [0.4, 0.5) is 0 Å². The van der Waals surface area contributed by atoms with Gasteiger partial charge in [-0.15, -0.1) is 0 Å². The van der Waals surface area contributed by atoms with Gasteiger partial charge in [0.2, 0.25) is 11.8 Å². The topological polar surface area (TPSA) is 140 Å². The van der Waals surface area contributed by atoms with Crippen molar-refractivity contribution in [1.29, 1.82) is 0 Å². The number of likely N-dealkylation sites (tertiary alicyclic amines) is 1. The van der Waals surface area contributed by atoms with Gasteiger partial charge in [0, 0.05) is 60.8 Å². The Kier molecular flexibility index (Phi) is 37.0. The van der Waals surface area contributed by atoms with Crippen LogP contribution < -0.4 is 0 Å². The second-order valence-electron chi connectivity index (χ2n) is 6.18. The highest BCUT2D eigenvalue weighted by molar-refractivity contribution is 5.77. The van der Waals surface area contributed by atoms with E-state index in [2.05, 4.69) is 9.47 Å². The van der Waals surface area contributed by atoms with E-state index < -0.39 is 5.97 Å². The Morgan fingerprint density at radius 2 is 1.38 bits per heavy atom. The zero-order chi connectivity index (χ0) is 26.8.